The molecule has 0 heterocycles. The lowest BCUT2D eigenvalue weighted by Gasteiger charge is -2.17. The summed E-state index contributed by atoms with van der Waals surface area (Å²) in [4.78, 5) is 0. The fourth-order valence-electron chi connectivity index (χ4n) is 1.77. The molecular formula is C14H21Cl2NO. The van der Waals surface area contributed by atoms with Crippen LogP contribution in [0, 0.1) is 5.92 Å². The van der Waals surface area contributed by atoms with Crippen LogP contribution in [0.25, 0.3) is 0 Å². The van der Waals surface area contributed by atoms with Gasteiger partial charge in [-0.2, -0.15) is 0 Å². The highest BCUT2D eigenvalue weighted by molar-refractivity contribution is 6.42. The summed E-state index contributed by atoms with van der Waals surface area (Å²) in [5.74, 6) is 1.19. The van der Waals surface area contributed by atoms with Gasteiger partial charge >= 0.3 is 0 Å². The van der Waals surface area contributed by atoms with Crippen molar-refractivity contribution >= 4 is 28.9 Å². The molecule has 2 nitrogen and oxygen atoms in total. The Hall–Kier alpha value is -0.600. The zero-order chi connectivity index (χ0) is 13.5. The van der Waals surface area contributed by atoms with Crippen LogP contribution >= 0.6 is 23.2 Å². The lowest BCUT2D eigenvalue weighted by atomic mass is 10.0. The number of unbranched alkanes of at least 4 members (excludes halogenated alkanes) is 1. The predicted octanol–water partition coefficient (Wildman–Crippen LogP) is 5.17. The Bertz CT molecular complexity index is 382. The molecule has 0 aromatic heterocycles. The quantitative estimate of drug-likeness (QED) is 0.703. The summed E-state index contributed by atoms with van der Waals surface area (Å²) in [7, 11) is 0. The molecular weight excluding hydrogens is 269 g/mol. The Morgan fingerprint density at radius 3 is 2.50 bits per heavy atom. The normalized spacial score (nSPS) is 12.4. The van der Waals surface area contributed by atoms with E-state index in [9.17, 15) is 0 Å². The average molecular weight is 290 g/mol. The van der Waals surface area contributed by atoms with Gasteiger partial charge in [-0.1, -0.05) is 56.3 Å². The molecule has 0 fully saturated rings. The number of benzene rings is 1. The van der Waals surface area contributed by atoms with E-state index in [0.29, 0.717) is 34.0 Å². The number of rotatable bonds is 7. The van der Waals surface area contributed by atoms with E-state index in [1.54, 1.807) is 12.1 Å². The molecule has 0 bridgehead atoms. The maximum atomic E-state index is 5.95. The molecule has 0 amide bonds. The average Bonchev–Trinajstić information content (AvgIpc) is 2.35. The first kappa shape index (κ1) is 15.5. The Balaban J connectivity index is 2.59. The van der Waals surface area contributed by atoms with Crippen LogP contribution in [0.15, 0.2) is 12.1 Å². The number of hydrogen-bond acceptors (Lipinski definition) is 2. The van der Waals surface area contributed by atoms with Gasteiger partial charge in [-0.25, -0.2) is 0 Å². The molecule has 0 saturated carbocycles. The van der Waals surface area contributed by atoms with Crippen molar-refractivity contribution in [1.29, 1.82) is 0 Å². The smallest absolute Gasteiger partial charge is 0.143 e. The maximum absolute atomic E-state index is 5.95. The van der Waals surface area contributed by atoms with Crippen LogP contribution < -0.4 is 10.5 Å². The van der Waals surface area contributed by atoms with E-state index in [-0.39, 0.29) is 0 Å². The third-order valence-corrected chi connectivity index (χ3v) is 3.79. The van der Waals surface area contributed by atoms with Gasteiger partial charge in [-0.3, -0.25) is 0 Å². The highest BCUT2D eigenvalue weighted by atomic mass is 35.5. The van der Waals surface area contributed by atoms with Crippen LogP contribution in [-0.2, 0) is 0 Å². The first-order chi connectivity index (χ1) is 8.58. The number of nitrogen functional groups attached to an aromatic ring is 1. The molecule has 1 aromatic rings. The topological polar surface area (TPSA) is 35.2 Å². The van der Waals surface area contributed by atoms with Crippen molar-refractivity contribution < 1.29 is 4.74 Å². The predicted molar refractivity (Wildman–Crippen MR) is 79.7 cm³/mol. The van der Waals surface area contributed by atoms with Crippen LogP contribution in [0.5, 0.6) is 5.75 Å². The van der Waals surface area contributed by atoms with Gasteiger partial charge in [0.1, 0.15) is 5.75 Å². The zero-order valence-electron chi connectivity index (χ0n) is 11.0. The van der Waals surface area contributed by atoms with E-state index in [4.69, 9.17) is 33.7 Å². The molecule has 1 rings (SSSR count). The van der Waals surface area contributed by atoms with Crippen molar-refractivity contribution in [3.8, 4) is 5.75 Å². The molecule has 0 aliphatic carbocycles. The summed E-state index contributed by atoms with van der Waals surface area (Å²) in [6.07, 6.45) is 4.75. The standard InChI is InChI=1S/C14H21Cl2NO/c1-3-5-6-10(4-2)9-18-14-8-12(16)11(15)7-13(14)17/h7-8,10H,3-6,9,17H2,1-2H3. The van der Waals surface area contributed by atoms with Gasteiger partial charge in [-0.05, 0) is 18.4 Å². The van der Waals surface area contributed by atoms with Crippen molar-refractivity contribution in [1.82, 2.24) is 0 Å². The molecule has 2 N–H and O–H groups in total. The van der Waals surface area contributed by atoms with E-state index in [1.807, 2.05) is 0 Å². The molecule has 18 heavy (non-hydrogen) atoms. The highest BCUT2D eigenvalue weighted by Gasteiger charge is 2.10. The summed E-state index contributed by atoms with van der Waals surface area (Å²) >= 11 is 11.8. The fraction of sp³-hybridized carbons (Fsp3) is 0.571. The molecule has 0 aliphatic heterocycles. The van der Waals surface area contributed by atoms with E-state index in [0.717, 1.165) is 6.42 Å². The van der Waals surface area contributed by atoms with Gasteiger partial charge < -0.3 is 10.5 Å². The van der Waals surface area contributed by atoms with Crippen LogP contribution in [0.2, 0.25) is 10.0 Å². The second kappa shape index (κ2) is 7.75. The third kappa shape index (κ3) is 4.58. The Kier molecular flexibility index (Phi) is 6.66. The van der Waals surface area contributed by atoms with Crippen LogP contribution in [0.3, 0.4) is 0 Å². The molecule has 102 valence electrons. The minimum Gasteiger partial charge on any atom is -0.491 e. The number of halogens is 2. The van der Waals surface area contributed by atoms with E-state index in [2.05, 4.69) is 13.8 Å². The minimum atomic E-state index is 0.458. The molecule has 1 unspecified atom stereocenters. The van der Waals surface area contributed by atoms with Crippen molar-refractivity contribution in [2.45, 2.75) is 39.5 Å². The summed E-state index contributed by atoms with van der Waals surface area (Å²) in [5, 5.41) is 0.932. The SMILES string of the molecule is CCCCC(CC)COc1cc(Cl)c(Cl)cc1N. The Labute approximate surface area is 119 Å². The first-order valence-electron chi connectivity index (χ1n) is 6.45. The van der Waals surface area contributed by atoms with Crippen LogP contribution in [0.1, 0.15) is 39.5 Å². The molecule has 4 heteroatoms. The van der Waals surface area contributed by atoms with E-state index < -0.39 is 0 Å². The van der Waals surface area contributed by atoms with E-state index >= 15 is 0 Å². The van der Waals surface area contributed by atoms with Gasteiger partial charge in [0, 0.05) is 6.07 Å². The monoisotopic (exact) mass is 289 g/mol. The van der Waals surface area contributed by atoms with Crippen molar-refractivity contribution in [2.75, 3.05) is 12.3 Å². The zero-order valence-corrected chi connectivity index (χ0v) is 12.5. The number of hydrogen-bond donors (Lipinski definition) is 1. The molecule has 0 saturated heterocycles. The minimum absolute atomic E-state index is 0.458. The Morgan fingerprint density at radius 2 is 1.89 bits per heavy atom. The summed E-state index contributed by atoms with van der Waals surface area (Å²) < 4.78 is 5.75. The lowest BCUT2D eigenvalue weighted by molar-refractivity contribution is 0.234. The van der Waals surface area contributed by atoms with Gasteiger partial charge in [-0.15, -0.1) is 0 Å². The van der Waals surface area contributed by atoms with Gasteiger partial charge in [0.25, 0.3) is 0 Å². The molecule has 0 spiro atoms. The fourth-order valence-corrected chi connectivity index (χ4v) is 2.10. The molecule has 1 atom stereocenters. The summed E-state index contributed by atoms with van der Waals surface area (Å²) in [6, 6.07) is 3.32. The summed E-state index contributed by atoms with van der Waals surface area (Å²) in [5.41, 5.74) is 6.39. The second-order valence-corrected chi connectivity index (χ2v) is 5.35. The van der Waals surface area contributed by atoms with E-state index in [1.165, 1.54) is 19.3 Å². The molecule has 0 radical (unpaired) electrons. The lowest BCUT2D eigenvalue weighted by Crippen LogP contribution is -2.12. The van der Waals surface area contributed by atoms with Gasteiger partial charge in [0.05, 0.1) is 22.3 Å². The second-order valence-electron chi connectivity index (χ2n) is 4.53. The molecule has 1 aromatic carbocycles. The first-order valence-corrected chi connectivity index (χ1v) is 7.21. The van der Waals surface area contributed by atoms with Crippen molar-refractivity contribution in [3.63, 3.8) is 0 Å². The van der Waals surface area contributed by atoms with Gasteiger partial charge in [0.15, 0.2) is 0 Å². The van der Waals surface area contributed by atoms with Crippen molar-refractivity contribution in [3.05, 3.63) is 22.2 Å². The molecule has 0 aliphatic rings. The van der Waals surface area contributed by atoms with Crippen LogP contribution in [0.4, 0.5) is 5.69 Å². The highest BCUT2D eigenvalue weighted by Crippen LogP contribution is 2.32. The maximum Gasteiger partial charge on any atom is 0.143 e. The third-order valence-electron chi connectivity index (χ3n) is 3.07. The largest absolute Gasteiger partial charge is 0.491 e. The Morgan fingerprint density at radius 1 is 1.22 bits per heavy atom. The van der Waals surface area contributed by atoms with Crippen LogP contribution in [-0.4, -0.2) is 6.61 Å². The van der Waals surface area contributed by atoms with Crippen molar-refractivity contribution in [2.24, 2.45) is 5.92 Å². The van der Waals surface area contributed by atoms with Gasteiger partial charge in [0.2, 0.25) is 0 Å². The number of anilines is 1. The summed E-state index contributed by atoms with van der Waals surface area (Å²) in [6.45, 7) is 5.06. The number of ether oxygens (including phenoxy) is 1. The number of nitrogens with two attached hydrogens (primary N) is 1.